The van der Waals surface area contributed by atoms with E-state index in [1.165, 1.54) is 5.56 Å². The van der Waals surface area contributed by atoms with E-state index >= 15 is 0 Å². The molecule has 8 nitrogen and oxygen atoms in total. The lowest BCUT2D eigenvalue weighted by molar-refractivity contribution is -0.134. The molecule has 0 saturated carbocycles. The maximum atomic E-state index is 12.8. The SMILES string of the molecule is COc1ccc(CN2CCNC(=O)C2CC(=O)NCC2CNNC2c2ccccc2)cc1C. The highest BCUT2D eigenvalue weighted by Gasteiger charge is 2.33. The summed E-state index contributed by atoms with van der Waals surface area (Å²) in [5, 5.41) is 5.97. The molecule has 0 aliphatic carbocycles. The minimum absolute atomic E-state index is 0.0898. The van der Waals surface area contributed by atoms with Crippen molar-refractivity contribution in [3.63, 3.8) is 0 Å². The van der Waals surface area contributed by atoms with Crippen LogP contribution < -0.4 is 26.2 Å². The maximum Gasteiger partial charge on any atom is 0.237 e. The van der Waals surface area contributed by atoms with E-state index in [-0.39, 0.29) is 30.2 Å². The molecule has 3 atom stereocenters. The Hall–Kier alpha value is -2.94. The molecule has 2 amide bonds. The van der Waals surface area contributed by atoms with Crippen molar-refractivity contribution in [3.05, 3.63) is 65.2 Å². The van der Waals surface area contributed by atoms with E-state index in [0.717, 1.165) is 23.4 Å². The van der Waals surface area contributed by atoms with Crippen molar-refractivity contribution in [1.29, 1.82) is 0 Å². The predicted octanol–water partition coefficient (Wildman–Crippen LogP) is 1.28. The van der Waals surface area contributed by atoms with Gasteiger partial charge in [0, 0.05) is 38.6 Å². The molecule has 2 aliphatic rings. The van der Waals surface area contributed by atoms with Crippen molar-refractivity contribution in [1.82, 2.24) is 26.4 Å². The van der Waals surface area contributed by atoms with Gasteiger partial charge in [0.05, 0.1) is 25.6 Å². The number of benzene rings is 2. The van der Waals surface area contributed by atoms with Gasteiger partial charge in [-0.2, -0.15) is 0 Å². The van der Waals surface area contributed by atoms with E-state index in [4.69, 9.17) is 4.74 Å². The van der Waals surface area contributed by atoms with Gasteiger partial charge in [-0.1, -0.05) is 42.5 Å². The first-order valence-electron chi connectivity index (χ1n) is 11.5. The number of ether oxygens (including phenoxy) is 1. The Balaban J connectivity index is 1.35. The number of methoxy groups -OCH3 is 1. The van der Waals surface area contributed by atoms with E-state index in [0.29, 0.717) is 26.2 Å². The summed E-state index contributed by atoms with van der Waals surface area (Å²) in [4.78, 5) is 27.5. The Kier molecular flexibility index (Phi) is 7.59. The van der Waals surface area contributed by atoms with Crippen LogP contribution in [0.1, 0.15) is 29.2 Å². The summed E-state index contributed by atoms with van der Waals surface area (Å²) in [6, 6.07) is 15.9. The van der Waals surface area contributed by atoms with Crippen LogP contribution >= 0.6 is 0 Å². The Morgan fingerprint density at radius 1 is 1.21 bits per heavy atom. The van der Waals surface area contributed by atoms with Crippen LogP contribution in [0.15, 0.2) is 48.5 Å². The summed E-state index contributed by atoms with van der Waals surface area (Å²) in [6.07, 6.45) is 0.143. The van der Waals surface area contributed by atoms with Crippen LogP contribution in [0.25, 0.3) is 0 Å². The molecule has 4 N–H and O–H groups in total. The standard InChI is InChI=1S/C25H33N5O3/c1-17-12-18(8-9-22(17)33-2)16-30-11-10-26-25(32)21(30)13-23(31)27-14-20-15-28-29-24(20)19-6-4-3-5-7-19/h3-9,12,20-21,24,28-29H,10-11,13-16H2,1-2H3,(H,26,32)(H,27,31). The fourth-order valence-corrected chi connectivity index (χ4v) is 4.68. The van der Waals surface area contributed by atoms with E-state index in [2.05, 4.69) is 44.6 Å². The molecule has 3 unspecified atom stereocenters. The molecule has 8 heteroatoms. The van der Waals surface area contributed by atoms with Crippen LogP contribution in [0.4, 0.5) is 0 Å². The molecule has 2 aliphatic heterocycles. The fourth-order valence-electron chi connectivity index (χ4n) is 4.68. The molecule has 2 fully saturated rings. The summed E-state index contributed by atoms with van der Waals surface area (Å²) in [7, 11) is 1.66. The van der Waals surface area contributed by atoms with Crippen molar-refractivity contribution in [3.8, 4) is 5.75 Å². The summed E-state index contributed by atoms with van der Waals surface area (Å²) in [6.45, 7) is 5.23. The van der Waals surface area contributed by atoms with E-state index < -0.39 is 6.04 Å². The summed E-state index contributed by atoms with van der Waals surface area (Å²) >= 11 is 0. The van der Waals surface area contributed by atoms with Gasteiger partial charge in [-0.3, -0.25) is 19.9 Å². The second-order valence-electron chi connectivity index (χ2n) is 8.76. The zero-order chi connectivity index (χ0) is 23.2. The van der Waals surface area contributed by atoms with Crippen LogP contribution in [0.5, 0.6) is 5.75 Å². The number of hydrazine groups is 1. The Labute approximate surface area is 195 Å². The minimum atomic E-state index is -0.481. The first-order chi connectivity index (χ1) is 16.0. The minimum Gasteiger partial charge on any atom is -0.496 e. The van der Waals surface area contributed by atoms with Crippen LogP contribution in [-0.2, 0) is 16.1 Å². The number of hydrogen-bond acceptors (Lipinski definition) is 6. The quantitative estimate of drug-likeness (QED) is 0.483. The normalized spacial score (nSPS) is 23.2. The number of amides is 2. The molecule has 33 heavy (non-hydrogen) atoms. The molecule has 176 valence electrons. The molecule has 2 aromatic carbocycles. The number of nitrogens with one attached hydrogen (secondary N) is 4. The average Bonchev–Trinajstić information content (AvgIpc) is 3.29. The molecule has 0 aromatic heterocycles. The molecule has 0 spiro atoms. The van der Waals surface area contributed by atoms with E-state index in [1.54, 1.807) is 7.11 Å². The largest absolute Gasteiger partial charge is 0.496 e. The third kappa shape index (κ3) is 5.71. The number of aryl methyl sites for hydroxylation is 1. The molecule has 0 bridgehead atoms. The number of hydrogen-bond donors (Lipinski definition) is 4. The third-order valence-corrected chi connectivity index (χ3v) is 6.48. The van der Waals surface area contributed by atoms with Crippen LogP contribution in [0.2, 0.25) is 0 Å². The van der Waals surface area contributed by atoms with Gasteiger partial charge in [-0.15, -0.1) is 0 Å². The number of carbonyl (C=O) groups excluding carboxylic acids is 2. The molecule has 4 rings (SSSR count). The second kappa shape index (κ2) is 10.8. The molecule has 2 aromatic rings. The van der Waals surface area contributed by atoms with Crippen LogP contribution in [-0.4, -0.2) is 56.0 Å². The van der Waals surface area contributed by atoms with Crippen LogP contribution in [0.3, 0.4) is 0 Å². The zero-order valence-electron chi connectivity index (χ0n) is 19.3. The van der Waals surface area contributed by atoms with E-state index in [1.807, 2.05) is 37.3 Å². The number of carbonyl (C=O) groups is 2. The third-order valence-electron chi connectivity index (χ3n) is 6.48. The second-order valence-corrected chi connectivity index (χ2v) is 8.76. The topological polar surface area (TPSA) is 94.7 Å². The Bertz CT molecular complexity index is 968. The number of rotatable bonds is 8. The van der Waals surface area contributed by atoms with Crippen molar-refractivity contribution in [2.45, 2.75) is 32.0 Å². The van der Waals surface area contributed by atoms with Gasteiger partial charge in [-0.25, -0.2) is 5.43 Å². The number of piperazine rings is 1. The van der Waals surface area contributed by atoms with Gasteiger partial charge >= 0.3 is 0 Å². The first kappa shape index (κ1) is 23.2. The lowest BCUT2D eigenvalue weighted by Gasteiger charge is -2.35. The lowest BCUT2D eigenvalue weighted by Crippen LogP contribution is -2.56. The average molecular weight is 452 g/mol. The summed E-state index contributed by atoms with van der Waals surface area (Å²) in [5.74, 6) is 0.880. The van der Waals surface area contributed by atoms with Gasteiger partial charge in [0.25, 0.3) is 0 Å². The van der Waals surface area contributed by atoms with Crippen LogP contribution in [0, 0.1) is 12.8 Å². The zero-order valence-corrected chi connectivity index (χ0v) is 19.3. The Morgan fingerprint density at radius 2 is 2.03 bits per heavy atom. The van der Waals surface area contributed by atoms with Crippen molar-refractivity contribution in [2.24, 2.45) is 5.92 Å². The lowest BCUT2D eigenvalue weighted by atomic mass is 9.95. The predicted molar refractivity (Wildman–Crippen MR) is 126 cm³/mol. The smallest absolute Gasteiger partial charge is 0.237 e. The summed E-state index contributed by atoms with van der Waals surface area (Å²) < 4.78 is 5.35. The molecule has 0 radical (unpaired) electrons. The monoisotopic (exact) mass is 451 g/mol. The molecule has 2 heterocycles. The van der Waals surface area contributed by atoms with Crippen molar-refractivity contribution >= 4 is 11.8 Å². The van der Waals surface area contributed by atoms with Gasteiger partial charge in [0.2, 0.25) is 11.8 Å². The van der Waals surface area contributed by atoms with Gasteiger partial charge < -0.3 is 15.4 Å². The highest BCUT2D eigenvalue weighted by Crippen LogP contribution is 2.24. The van der Waals surface area contributed by atoms with Gasteiger partial charge in [-0.05, 0) is 29.7 Å². The summed E-state index contributed by atoms with van der Waals surface area (Å²) in [5.41, 5.74) is 9.84. The first-order valence-corrected chi connectivity index (χ1v) is 11.5. The van der Waals surface area contributed by atoms with Crippen molar-refractivity contribution in [2.75, 3.05) is 33.3 Å². The number of nitrogens with zero attached hydrogens (tertiary/aromatic N) is 1. The van der Waals surface area contributed by atoms with Crippen molar-refractivity contribution < 1.29 is 14.3 Å². The molecular weight excluding hydrogens is 418 g/mol. The highest BCUT2D eigenvalue weighted by atomic mass is 16.5. The van der Waals surface area contributed by atoms with Gasteiger partial charge in [0.1, 0.15) is 5.75 Å². The maximum absolute atomic E-state index is 12.8. The van der Waals surface area contributed by atoms with E-state index in [9.17, 15) is 9.59 Å². The highest BCUT2D eigenvalue weighted by molar-refractivity contribution is 5.88. The molecule has 2 saturated heterocycles. The Morgan fingerprint density at radius 3 is 2.79 bits per heavy atom. The van der Waals surface area contributed by atoms with Gasteiger partial charge in [0.15, 0.2) is 0 Å². The fraction of sp³-hybridized carbons (Fsp3) is 0.440. The molecular formula is C25H33N5O3.